The molecule has 0 spiro atoms. The standard InChI is InChI=1S/C22H38N6/c1-23-22(24-12-6-5-9-19-7-3-4-8-19)26-18-20-10-11-21(25-17-20)28-15-13-27(2)14-16-28/h10-11,17,19H,3-9,12-16,18H2,1-2H3,(H2,23,24,26). The first-order valence-electron chi connectivity index (χ1n) is 11.1. The topological polar surface area (TPSA) is 55.8 Å². The van der Waals surface area contributed by atoms with Crippen molar-refractivity contribution >= 4 is 11.8 Å². The minimum absolute atomic E-state index is 0.748. The molecule has 3 rings (SSSR count). The molecule has 156 valence electrons. The summed E-state index contributed by atoms with van der Waals surface area (Å²) in [6.07, 6.45) is 11.7. The van der Waals surface area contributed by atoms with Gasteiger partial charge in [0.2, 0.25) is 0 Å². The zero-order valence-corrected chi connectivity index (χ0v) is 17.8. The number of pyridine rings is 1. The van der Waals surface area contributed by atoms with E-state index >= 15 is 0 Å². The van der Waals surface area contributed by atoms with Crippen LogP contribution in [0.2, 0.25) is 0 Å². The number of aliphatic imine (C=N–C) groups is 1. The number of anilines is 1. The molecular formula is C22H38N6. The number of rotatable bonds is 8. The second-order valence-electron chi connectivity index (χ2n) is 8.31. The molecule has 1 aliphatic carbocycles. The van der Waals surface area contributed by atoms with Gasteiger partial charge in [0.25, 0.3) is 0 Å². The maximum atomic E-state index is 4.66. The molecule has 2 N–H and O–H groups in total. The Morgan fingerprint density at radius 3 is 2.57 bits per heavy atom. The Balaban J connectivity index is 1.32. The number of aromatic nitrogens is 1. The van der Waals surface area contributed by atoms with E-state index in [1.165, 1.54) is 50.5 Å². The van der Waals surface area contributed by atoms with E-state index in [2.05, 4.69) is 49.6 Å². The van der Waals surface area contributed by atoms with E-state index < -0.39 is 0 Å². The molecule has 0 atom stereocenters. The zero-order valence-electron chi connectivity index (χ0n) is 17.8. The van der Waals surface area contributed by atoms with Crippen LogP contribution in [0.15, 0.2) is 23.3 Å². The van der Waals surface area contributed by atoms with Crippen molar-refractivity contribution in [1.29, 1.82) is 0 Å². The lowest BCUT2D eigenvalue weighted by atomic mass is 10.0. The highest BCUT2D eigenvalue weighted by Gasteiger charge is 2.15. The van der Waals surface area contributed by atoms with Crippen LogP contribution in [0.3, 0.4) is 0 Å². The molecule has 0 radical (unpaired) electrons. The van der Waals surface area contributed by atoms with Crippen LogP contribution < -0.4 is 15.5 Å². The number of nitrogens with one attached hydrogen (secondary N) is 2. The molecule has 0 bridgehead atoms. The molecule has 0 aromatic carbocycles. The lowest BCUT2D eigenvalue weighted by Crippen LogP contribution is -2.44. The van der Waals surface area contributed by atoms with Crippen LogP contribution in [0.5, 0.6) is 0 Å². The predicted octanol–water partition coefficient (Wildman–Crippen LogP) is 2.86. The van der Waals surface area contributed by atoms with E-state index in [9.17, 15) is 0 Å². The van der Waals surface area contributed by atoms with E-state index in [0.29, 0.717) is 0 Å². The van der Waals surface area contributed by atoms with Gasteiger partial charge < -0.3 is 20.4 Å². The van der Waals surface area contributed by atoms with Gasteiger partial charge in [-0.15, -0.1) is 0 Å². The summed E-state index contributed by atoms with van der Waals surface area (Å²) in [5, 5.41) is 6.84. The molecule has 2 fully saturated rings. The van der Waals surface area contributed by atoms with Crippen LogP contribution in [0.4, 0.5) is 5.82 Å². The summed E-state index contributed by atoms with van der Waals surface area (Å²) >= 11 is 0. The number of hydrogen-bond donors (Lipinski definition) is 2. The summed E-state index contributed by atoms with van der Waals surface area (Å²) in [5.41, 5.74) is 1.18. The van der Waals surface area contributed by atoms with E-state index in [1.807, 2.05) is 13.2 Å². The van der Waals surface area contributed by atoms with Gasteiger partial charge in [0, 0.05) is 52.5 Å². The Morgan fingerprint density at radius 2 is 1.89 bits per heavy atom. The highest BCUT2D eigenvalue weighted by Crippen LogP contribution is 2.28. The maximum absolute atomic E-state index is 4.66. The Hall–Kier alpha value is -1.82. The van der Waals surface area contributed by atoms with Crippen molar-refractivity contribution in [3.63, 3.8) is 0 Å². The van der Waals surface area contributed by atoms with Crippen LogP contribution >= 0.6 is 0 Å². The van der Waals surface area contributed by atoms with Gasteiger partial charge in [0.05, 0.1) is 0 Å². The molecule has 1 saturated carbocycles. The van der Waals surface area contributed by atoms with E-state index in [-0.39, 0.29) is 0 Å². The van der Waals surface area contributed by atoms with Crippen LogP contribution in [0.1, 0.15) is 50.5 Å². The number of nitrogens with zero attached hydrogens (tertiary/aromatic N) is 4. The number of piperazine rings is 1. The van der Waals surface area contributed by atoms with Gasteiger partial charge >= 0.3 is 0 Å². The van der Waals surface area contributed by atoms with Gasteiger partial charge in [-0.25, -0.2) is 4.98 Å². The monoisotopic (exact) mass is 386 g/mol. The third-order valence-electron chi connectivity index (χ3n) is 6.13. The number of hydrogen-bond acceptors (Lipinski definition) is 4. The SMILES string of the molecule is CN=C(NCCCCC1CCCC1)NCc1ccc(N2CCN(C)CC2)nc1. The highest BCUT2D eigenvalue weighted by molar-refractivity contribution is 5.79. The van der Waals surface area contributed by atoms with Crippen molar-refractivity contribution in [2.24, 2.45) is 10.9 Å². The third kappa shape index (κ3) is 6.66. The summed E-state index contributed by atoms with van der Waals surface area (Å²) in [4.78, 5) is 13.7. The predicted molar refractivity (Wildman–Crippen MR) is 118 cm³/mol. The number of likely N-dealkylation sites (N-methyl/N-ethyl adjacent to an activating group) is 1. The van der Waals surface area contributed by atoms with Crippen LogP contribution in [0, 0.1) is 5.92 Å². The Kier molecular flexibility index (Phi) is 8.40. The quantitative estimate of drug-likeness (QED) is 0.409. The molecule has 1 aromatic rings. The van der Waals surface area contributed by atoms with E-state index in [4.69, 9.17) is 0 Å². The average Bonchev–Trinajstić information content (AvgIpc) is 3.25. The van der Waals surface area contributed by atoms with Crippen LogP contribution in [-0.2, 0) is 6.54 Å². The first kappa shape index (κ1) is 20.9. The minimum atomic E-state index is 0.748. The summed E-state index contributed by atoms with van der Waals surface area (Å²) < 4.78 is 0. The van der Waals surface area contributed by atoms with Gasteiger partial charge in [-0.1, -0.05) is 44.6 Å². The van der Waals surface area contributed by atoms with Crippen molar-refractivity contribution in [1.82, 2.24) is 20.5 Å². The Labute approximate surface area is 170 Å². The zero-order chi connectivity index (χ0) is 19.6. The summed E-state index contributed by atoms with van der Waals surface area (Å²) in [6, 6.07) is 4.31. The molecule has 0 amide bonds. The second-order valence-corrected chi connectivity index (χ2v) is 8.31. The van der Waals surface area contributed by atoms with Crippen molar-refractivity contribution in [3.05, 3.63) is 23.9 Å². The van der Waals surface area contributed by atoms with Crippen molar-refractivity contribution in [2.75, 3.05) is 51.7 Å². The van der Waals surface area contributed by atoms with Gasteiger partial charge in [-0.2, -0.15) is 0 Å². The highest BCUT2D eigenvalue weighted by atomic mass is 15.3. The Morgan fingerprint density at radius 1 is 1.11 bits per heavy atom. The fourth-order valence-corrected chi connectivity index (χ4v) is 4.21. The molecule has 0 unspecified atom stereocenters. The lowest BCUT2D eigenvalue weighted by Gasteiger charge is -2.33. The summed E-state index contributed by atoms with van der Waals surface area (Å²) in [5.74, 6) is 2.96. The first-order chi connectivity index (χ1) is 13.7. The summed E-state index contributed by atoms with van der Waals surface area (Å²) in [7, 11) is 4.01. The minimum Gasteiger partial charge on any atom is -0.356 e. The van der Waals surface area contributed by atoms with Gasteiger partial charge in [-0.05, 0) is 31.0 Å². The third-order valence-corrected chi connectivity index (χ3v) is 6.13. The molecule has 28 heavy (non-hydrogen) atoms. The molecule has 6 nitrogen and oxygen atoms in total. The van der Waals surface area contributed by atoms with Crippen molar-refractivity contribution in [3.8, 4) is 0 Å². The van der Waals surface area contributed by atoms with E-state index in [1.54, 1.807) is 0 Å². The molecule has 1 aliphatic heterocycles. The van der Waals surface area contributed by atoms with Gasteiger partial charge in [0.15, 0.2) is 5.96 Å². The molecule has 1 aromatic heterocycles. The molecule has 6 heteroatoms. The number of guanidine groups is 1. The molecule has 2 heterocycles. The first-order valence-corrected chi connectivity index (χ1v) is 11.1. The lowest BCUT2D eigenvalue weighted by molar-refractivity contribution is 0.312. The van der Waals surface area contributed by atoms with Crippen LogP contribution in [0.25, 0.3) is 0 Å². The van der Waals surface area contributed by atoms with Gasteiger partial charge in [-0.3, -0.25) is 4.99 Å². The van der Waals surface area contributed by atoms with Gasteiger partial charge in [0.1, 0.15) is 5.82 Å². The average molecular weight is 387 g/mol. The normalized spacial score (nSPS) is 19.2. The Bertz CT molecular complexity index is 586. The summed E-state index contributed by atoms with van der Waals surface area (Å²) in [6.45, 7) is 6.06. The molecular weight excluding hydrogens is 348 g/mol. The van der Waals surface area contributed by atoms with E-state index in [0.717, 1.165) is 57.0 Å². The fraction of sp³-hybridized carbons (Fsp3) is 0.727. The molecule has 1 saturated heterocycles. The van der Waals surface area contributed by atoms with Crippen molar-refractivity contribution < 1.29 is 0 Å². The second kappa shape index (κ2) is 11.2. The smallest absolute Gasteiger partial charge is 0.191 e. The van der Waals surface area contributed by atoms with Crippen LogP contribution in [-0.4, -0.2) is 62.7 Å². The largest absolute Gasteiger partial charge is 0.356 e. The van der Waals surface area contributed by atoms with Crippen molar-refractivity contribution in [2.45, 2.75) is 51.5 Å². The fourth-order valence-electron chi connectivity index (χ4n) is 4.21. The molecule has 2 aliphatic rings. The number of unbranched alkanes of at least 4 members (excludes halogenated alkanes) is 1. The maximum Gasteiger partial charge on any atom is 0.191 e.